The number of nitrogens with one attached hydrogen (secondary N) is 1. The number of hydrogen-bond acceptors (Lipinski definition) is 5. The van der Waals surface area contributed by atoms with Crippen LogP contribution in [0.25, 0.3) is 10.9 Å². The van der Waals surface area contributed by atoms with Gasteiger partial charge in [-0.3, -0.25) is 9.78 Å². The molecule has 0 spiro atoms. The number of rotatable bonds is 1. The van der Waals surface area contributed by atoms with E-state index in [2.05, 4.69) is 26.2 Å². The van der Waals surface area contributed by atoms with E-state index in [1.165, 1.54) is 4.90 Å². The molecule has 7 heteroatoms. The van der Waals surface area contributed by atoms with E-state index in [-0.39, 0.29) is 18.4 Å². The molecule has 2 aliphatic rings. The molecule has 0 saturated carbocycles. The van der Waals surface area contributed by atoms with Crippen molar-refractivity contribution in [2.45, 2.75) is 38.7 Å². The normalized spacial score (nSPS) is 18.0. The Morgan fingerprint density at radius 3 is 2.64 bits per heavy atom. The van der Waals surface area contributed by atoms with Gasteiger partial charge in [0.25, 0.3) is 5.91 Å². The SMILES string of the molecule is CC(C)(C)OC(=O)N1CCC2=C(C1=O)C(c1ccc(Br)cc1)c1c(ccc3ncccc13)N2. The van der Waals surface area contributed by atoms with E-state index in [1.54, 1.807) is 27.0 Å². The van der Waals surface area contributed by atoms with Gasteiger partial charge in [0.2, 0.25) is 0 Å². The number of amides is 2. The molecular weight excluding hydrogens is 482 g/mol. The van der Waals surface area contributed by atoms with Gasteiger partial charge in [0.05, 0.1) is 5.52 Å². The minimum absolute atomic E-state index is 0.275. The number of pyridine rings is 1. The number of imide groups is 1. The van der Waals surface area contributed by atoms with Crippen LogP contribution in [0.3, 0.4) is 0 Å². The summed E-state index contributed by atoms with van der Waals surface area (Å²) in [5.41, 5.74) is 4.53. The summed E-state index contributed by atoms with van der Waals surface area (Å²) in [4.78, 5) is 32.4. The first kappa shape index (κ1) is 21.6. The maximum Gasteiger partial charge on any atom is 0.417 e. The number of carbonyl (C=O) groups excluding carboxylic acids is 2. The Morgan fingerprint density at radius 1 is 1.15 bits per heavy atom. The number of halogens is 1. The van der Waals surface area contributed by atoms with Crippen molar-refractivity contribution in [2.24, 2.45) is 0 Å². The number of ether oxygens (including phenoxy) is 1. The highest BCUT2D eigenvalue weighted by Crippen LogP contribution is 2.47. The van der Waals surface area contributed by atoms with Gasteiger partial charge in [0, 0.05) is 51.9 Å². The Bertz CT molecular complexity index is 1310. The van der Waals surface area contributed by atoms with Crippen LogP contribution in [0.5, 0.6) is 0 Å². The summed E-state index contributed by atoms with van der Waals surface area (Å²) in [7, 11) is 0. The first-order chi connectivity index (χ1) is 15.7. The standard InChI is InChI=1S/C26H24BrN3O3/c1-26(2,3)33-25(32)30-14-12-20-23(24(30)31)21(15-6-8-16(27)9-7-15)22-17-5-4-13-28-18(17)10-11-19(22)29-20/h4-11,13,21,29H,12,14H2,1-3H3. The quantitative estimate of drug-likeness (QED) is 0.440. The molecule has 0 radical (unpaired) electrons. The fourth-order valence-corrected chi connectivity index (χ4v) is 4.81. The number of carbonyl (C=O) groups is 2. The molecule has 2 amide bonds. The van der Waals surface area contributed by atoms with E-state index in [0.717, 1.165) is 37.9 Å². The summed E-state index contributed by atoms with van der Waals surface area (Å²) in [5.74, 6) is -0.660. The van der Waals surface area contributed by atoms with Crippen LogP contribution in [0.2, 0.25) is 0 Å². The van der Waals surface area contributed by atoms with E-state index in [1.807, 2.05) is 48.5 Å². The van der Waals surface area contributed by atoms with Gasteiger partial charge in [-0.25, -0.2) is 9.69 Å². The number of benzene rings is 2. The maximum atomic E-state index is 13.8. The summed E-state index contributed by atoms with van der Waals surface area (Å²) < 4.78 is 6.49. The lowest BCUT2D eigenvalue weighted by Gasteiger charge is -2.38. The highest BCUT2D eigenvalue weighted by molar-refractivity contribution is 9.10. The van der Waals surface area contributed by atoms with Crippen LogP contribution in [0, 0.1) is 0 Å². The van der Waals surface area contributed by atoms with Gasteiger partial charge in [0.1, 0.15) is 5.60 Å². The summed E-state index contributed by atoms with van der Waals surface area (Å²) in [6, 6.07) is 15.9. The van der Waals surface area contributed by atoms with Crippen LogP contribution in [0.1, 0.15) is 44.2 Å². The molecule has 33 heavy (non-hydrogen) atoms. The molecular formula is C26H24BrN3O3. The molecule has 1 unspecified atom stereocenters. The number of anilines is 1. The third-order valence-electron chi connectivity index (χ3n) is 5.89. The molecule has 2 aliphatic heterocycles. The molecule has 2 aromatic carbocycles. The van der Waals surface area contributed by atoms with Crippen molar-refractivity contribution < 1.29 is 14.3 Å². The lowest BCUT2D eigenvalue weighted by Crippen LogP contribution is -2.47. The van der Waals surface area contributed by atoms with Crippen LogP contribution in [0.15, 0.2) is 70.5 Å². The van der Waals surface area contributed by atoms with Crippen LogP contribution in [-0.2, 0) is 9.53 Å². The van der Waals surface area contributed by atoms with E-state index in [4.69, 9.17) is 4.74 Å². The molecule has 0 fully saturated rings. The smallest absolute Gasteiger partial charge is 0.417 e. The van der Waals surface area contributed by atoms with Gasteiger partial charge in [-0.1, -0.05) is 34.1 Å². The molecule has 1 atom stereocenters. The summed E-state index contributed by atoms with van der Waals surface area (Å²) in [5, 5.41) is 4.46. The molecule has 0 bridgehead atoms. The number of nitrogens with zero attached hydrogens (tertiary/aromatic N) is 2. The summed E-state index contributed by atoms with van der Waals surface area (Å²) >= 11 is 3.51. The fourth-order valence-electron chi connectivity index (χ4n) is 4.54. The van der Waals surface area contributed by atoms with E-state index < -0.39 is 11.7 Å². The zero-order valence-electron chi connectivity index (χ0n) is 18.7. The van der Waals surface area contributed by atoms with E-state index >= 15 is 0 Å². The molecule has 0 saturated heterocycles. The lowest BCUT2D eigenvalue weighted by molar-refractivity contribution is -0.127. The van der Waals surface area contributed by atoms with E-state index in [0.29, 0.717) is 12.0 Å². The highest BCUT2D eigenvalue weighted by atomic mass is 79.9. The summed E-state index contributed by atoms with van der Waals surface area (Å²) in [6.07, 6.45) is 1.69. The third-order valence-corrected chi connectivity index (χ3v) is 6.42. The molecule has 0 aliphatic carbocycles. The van der Waals surface area contributed by atoms with Crippen LogP contribution in [0.4, 0.5) is 10.5 Å². The Hall–Kier alpha value is -3.19. The lowest BCUT2D eigenvalue weighted by atomic mass is 9.77. The van der Waals surface area contributed by atoms with Gasteiger partial charge >= 0.3 is 6.09 Å². The van der Waals surface area contributed by atoms with Crippen molar-refractivity contribution in [1.82, 2.24) is 9.88 Å². The van der Waals surface area contributed by atoms with E-state index in [9.17, 15) is 9.59 Å². The van der Waals surface area contributed by atoms with Crippen LogP contribution in [-0.4, -0.2) is 34.0 Å². The Morgan fingerprint density at radius 2 is 1.91 bits per heavy atom. The monoisotopic (exact) mass is 505 g/mol. The van der Waals surface area contributed by atoms with Gasteiger partial charge in [-0.05, 0) is 62.2 Å². The molecule has 1 aromatic heterocycles. The average molecular weight is 506 g/mol. The fraction of sp³-hybridized carbons (Fsp3) is 0.269. The third kappa shape index (κ3) is 3.91. The van der Waals surface area contributed by atoms with Gasteiger partial charge in [-0.15, -0.1) is 0 Å². The predicted molar refractivity (Wildman–Crippen MR) is 131 cm³/mol. The minimum Gasteiger partial charge on any atom is -0.443 e. The van der Waals surface area contributed by atoms with Gasteiger partial charge in [-0.2, -0.15) is 0 Å². The molecule has 1 N–H and O–H groups in total. The van der Waals surface area contributed by atoms with Crippen molar-refractivity contribution in [3.63, 3.8) is 0 Å². The first-order valence-electron chi connectivity index (χ1n) is 10.9. The molecule has 6 nitrogen and oxygen atoms in total. The predicted octanol–water partition coefficient (Wildman–Crippen LogP) is 5.98. The maximum absolute atomic E-state index is 13.8. The molecule has 3 aromatic rings. The summed E-state index contributed by atoms with van der Waals surface area (Å²) in [6.45, 7) is 5.67. The van der Waals surface area contributed by atoms with Crippen molar-refractivity contribution in [2.75, 3.05) is 11.9 Å². The zero-order chi connectivity index (χ0) is 23.3. The second-order valence-electron chi connectivity index (χ2n) is 9.29. The highest BCUT2D eigenvalue weighted by Gasteiger charge is 2.42. The van der Waals surface area contributed by atoms with Crippen LogP contribution >= 0.6 is 15.9 Å². The Kier molecular flexibility index (Phi) is 5.24. The average Bonchev–Trinajstić information content (AvgIpc) is 2.77. The van der Waals surface area contributed by atoms with Crippen molar-refractivity contribution in [1.29, 1.82) is 0 Å². The van der Waals surface area contributed by atoms with Crippen molar-refractivity contribution >= 4 is 44.5 Å². The Labute approximate surface area is 200 Å². The topological polar surface area (TPSA) is 71.5 Å². The largest absolute Gasteiger partial charge is 0.443 e. The minimum atomic E-state index is -0.684. The van der Waals surface area contributed by atoms with Gasteiger partial charge in [0.15, 0.2) is 0 Å². The van der Waals surface area contributed by atoms with Gasteiger partial charge < -0.3 is 10.1 Å². The zero-order valence-corrected chi connectivity index (χ0v) is 20.3. The van der Waals surface area contributed by atoms with Crippen molar-refractivity contribution in [3.05, 3.63) is 81.6 Å². The second-order valence-corrected chi connectivity index (χ2v) is 10.2. The van der Waals surface area contributed by atoms with Crippen molar-refractivity contribution in [3.8, 4) is 0 Å². The Balaban J connectivity index is 1.68. The number of aromatic nitrogens is 1. The molecule has 168 valence electrons. The number of fused-ring (bicyclic) bond motifs is 3. The second kappa shape index (κ2) is 7.99. The number of hydrogen-bond donors (Lipinski definition) is 1. The van der Waals surface area contributed by atoms with Crippen LogP contribution < -0.4 is 5.32 Å². The first-order valence-corrected chi connectivity index (χ1v) is 11.7. The molecule has 3 heterocycles. The molecule has 5 rings (SSSR count).